The second-order valence-corrected chi connectivity index (χ2v) is 4.40. The number of halogens is 3. The smallest absolute Gasteiger partial charge is 0.303 e. The minimum Gasteiger partial charge on any atom is -0.481 e. The minimum absolute atomic E-state index is 0.0561. The van der Waals surface area contributed by atoms with Crippen molar-refractivity contribution in [2.75, 3.05) is 0 Å². The molecule has 0 fully saturated rings. The molecule has 0 aromatic heterocycles. The fourth-order valence-electron chi connectivity index (χ4n) is 1.69. The highest BCUT2D eigenvalue weighted by atomic mass is 19.1. The van der Waals surface area contributed by atoms with E-state index in [9.17, 15) is 22.8 Å². The lowest BCUT2D eigenvalue weighted by molar-refractivity contribution is -0.137. The molecule has 0 aliphatic heterocycles. The van der Waals surface area contributed by atoms with Gasteiger partial charge in [0.25, 0.3) is 5.91 Å². The molecule has 1 amide bonds. The SMILES string of the molecule is CC(CCCC(=O)O)NC(=O)c1c(F)cc(F)cc1F. The normalized spacial score (nSPS) is 12.0. The van der Waals surface area contributed by atoms with Crippen molar-refractivity contribution in [1.82, 2.24) is 5.32 Å². The number of hydrogen-bond acceptors (Lipinski definition) is 2. The lowest BCUT2D eigenvalue weighted by Crippen LogP contribution is -2.33. The molecule has 1 aromatic carbocycles. The van der Waals surface area contributed by atoms with E-state index in [0.717, 1.165) is 0 Å². The fourth-order valence-corrected chi connectivity index (χ4v) is 1.69. The van der Waals surface area contributed by atoms with Gasteiger partial charge in [0.1, 0.15) is 23.0 Å². The summed E-state index contributed by atoms with van der Waals surface area (Å²) in [7, 11) is 0. The molecule has 0 heterocycles. The topological polar surface area (TPSA) is 66.4 Å². The van der Waals surface area contributed by atoms with Gasteiger partial charge in [-0.15, -0.1) is 0 Å². The predicted molar refractivity (Wildman–Crippen MR) is 64.7 cm³/mol. The number of carbonyl (C=O) groups is 2. The summed E-state index contributed by atoms with van der Waals surface area (Å²) in [6.07, 6.45) is 0.618. The van der Waals surface area contributed by atoms with Crippen LogP contribution in [-0.2, 0) is 4.79 Å². The largest absolute Gasteiger partial charge is 0.481 e. The van der Waals surface area contributed by atoms with Crippen LogP contribution < -0.4 is 5.32 Å². The maximum Gasteiger partial charge on any atom is 0.303 e. The van der Waals surface area contributed by atoms with Gasteiger partial charge in [-0.25, -0.2) is 13.2 Å². The Bertz CT molecular complexity index is 497. The maximum atomic E-state index is 13.4. The van der Waals surface area contributed by atoms with Crippen LogP contribution in [0.3, 0.4) is 0 Å². The number of carbonyl (C=O) groups excluding carboxylic acids is 1. The van der Waals surface area contributed by atoms with E-state index in [2.05, 4.69) is 5.32 Å². The number of carboxylic acid groups (broad SMARTS) is 1. The van der Waals surface area contributed by atoms with Crippen LogP contribution >= 0.6 is 0 Å². The van der Waals surface area contributed by atoms with Gasteiger partial charge in [0, 0.05) is 24.6 Å². The van der Waals surface area contributed by atoms with E-state index in [1.54, 1.807) is 6.92 Å². The summed E-state index contributed by atoms with van der Waals surface area (Å²) in [5.74, 6) is -5.62. The Labute approximate surface area is 113 Å². The van der Waals surface area contributed by atoms with Crippen molar-refractivity contribution in [3.8, 4) is 0 Å². The van der Waals surface area contributed by atoms with Gasteiger partial charge >= 0.3 is 5.97 Å². The summed E-state index contributed by atoms with van der Waals surface area (Å²) in [6, 6.07) is 0.394. The molecular formula is C13H14F3NO3. The Balaban J connectivity index is 2.65. The Morgan fingerprint density at radius 2 is 1.80 bits per heavy atom. The molecule has 0 aliphatic rings. The molecule has 2 N–H and O–H groups in total. The lowest BCUT2D eigenvalue weighted by atomic mass is 10.1. The first kappa shape index (κ1) is 16.0. The first-order valence-corrected chi connectivity index (χ1v) is 5.98. The summed E-state index contributed by atoms with van der Waals surface area (Å²) in [5, 5.41) is 10.8. The van der Waals surface area contributed by atoms with Crippen LogP contribution in [0, 0.1) is 17.5 Å². The zero-order chi connectivity index (χ0) is 15.3. The van der Waals surface area contributed by atoms with Crippen LogP contribution in [0.4, 0.5) is 13.2 Å². The highest BCUT2D eigenvalue weighted by molar-refractivity contribution is 5.94. The summed E-state index contributed by atoms with van der Waals surface area (Å²) in [4.78, 5) is 22.0. The summed E-state index contributed by atoms with van der Waals surface area (Å²) < 4.78 is 39.4. The molecule has 0 radical (unpaired) electrons. The van der Waals surface area contributed by atoms with Crippen molar-refractivity contribution in [2.24, 2.45) is 0 Å². The fraction of sp³-hybridized carbons (Fsp3) is 0.385. The molecule has 0 saturated carbocycles. The van der Waals surface area contributed by atoms with Crippen molar-refractivity contribution in [1.29, 1.82) is 0 Å². The molecule has 20 heavy (non-hydrogen) atoms. The molecule has 0 spiro atoms. The van der Waals surface area contributed by atoms with E-state index in [4.69, 9.17) is 5.11 Å². The number of carboxylic acids is 1. The van der Waals surface area contributed by atoms with Gasteiger partial charge in [0.2, 0.25) is 0 Å². The zero-order valence-corrected chi connectivity index (χ0v) is 10.8. The van der Waals surface area contributed by atoms with Gasteiger partial charge in [0.15, 0.2) is 0 Å². The zero-order valence-electron chi connectivity index (χ0n) is 10.8. The van der Waals surface area contributed by atoms with Crippen molar-refractivity contribution in [3.05, 3.63) is 35.1 Å². The summed E-state index contributed by atoms with van der Waals surface area (Å²) >= 11 is 0. The summed E-state index contributed by atoms with van der Waals surface area (Å²) in [6.45, 7) is 1.58. The van der Waals surface area contributed by atoms with Gasteiger partial charge in [-0.3, -0.25) is 9.59 Å². The first-order valence-electron chi connectivity index (χ1n) is 5.98. The van der Waals surface area contributed by atoms with Crippen LogP contribution in [0.25, 0.3) is 0 Å². The number of benzene rings is 1. The second-order valence-electron chi connectivity index (χ2n) is 4.40. The molecule has 110 valence electrons. The van der Waals surface area contributed by atoms with Crippen LogP contribution in [0.1, 0.15) is 36.5 Å². The quantitative estimate of drug-likeness (QED) is 0.845. The highest BCUT2D eigenvalue weighted by Crippen LogP contribution is 2.15. The van der Waals surface area contributed by atoms with Crippen molar-refractivity contribution in [3.63, 3.8) is 0 Å². The Morgan fingerprint density at radius 1 is 1.25 bits per heavy atom. The Morgan fingerprint density at radius 3 is 2.30 bits per heavy atom. The Hall–Kier alpha value is -2.05. The number of nitrogens with one attached hydrogen (secondary N) is 1. The maximum absolute atomic E-state index is 13.4. The average molecular weight is 289 g/mol. The van der Waals surface area contributed by atoms with Gasteiger partial charge < -0.3 is 10.4 Å². The van der Waals surface area contributed by atoms with E-state index in [1.165, 1.54) is 0 Å². The van der Waals surface area contributed by atoms with Crippen LogP contribution in [-0.4, -0.2) is 23.0 Å². The average Bonchev–Trinajstić information content (AvgIpc) is 2.26. The molecule has 0 bridgehead atoms. The van der Waals surface area contributed by atoms with Crippen molar-refractivity contribution >= 4 is 11.9 Å². The van der Waals surface area contributed by atoms with Crippen molar-refractivity contribution in [2.45, 2.75) is 32.2 Å². The van der Waals surface area contributed by atoms with E-state index in [-0.39, 0.29) is 6.42 Å². The standard InChI is InChI=1S/C13H14F3NO3/c1-7(3-2-4-11(18)19)17-13(20)12-9(15)5-8(14)6-10(12)16/h5-7H,2-4H2,1H3,(H,17,20)(H,18,19). The van der Waals surface area contributed by atoms with E-state index in [0.29, 0.717) is 25.0 Å². The number of amides is 1. The van der Waals surface area contributed by atoms with Crippen molar-refractivity contribution < 1.29 is 27.9 Å². The predicted octanol–water partition coefficient (Wildman–Crippen LogP) is 2.48. The van der Waals surface area contributed by atoms with Crippen LogP contribution in [0.15, 0.2) is 12.1 Å². The van der Waals surface area contributed by atoms with Crippen LogP contribution in [0.5, 0.6) is 0 Å². The number of rotatable bonds is 6. The molecule has 4 nitrogen and oxygen atoms in total. The van der Waals surface area contributed by atoms with Gasteiger partial charge in [-0.05, 0) is 19.8 Å². The molecule has 0 saturated heterocycles. The first-order chi connectivity index (χ1) is 9.31. The molecule has 1 atom stereocenters. The third kappa shape index (κ3) is 4.56. The number of aliphatic carboxylic acids is 1. The number of hydrogen-bond donors (Lipinski definition) is 2. The van der Waals surface area contributed by atoms with E-state index >= 15 is 0 Å². The van der Waals surface area contributed by atoms with Crippen LogP contribution in [0.2, 0.25) is 0 Å². The molecule has 1 unspecified atom stereocenters. The lowest BCUT2D eigenvalue weighted by Gasteiger charge is -2.14. The van der Waals surface area contributed by atoms with Gasteiger partial charge in [-0.2, -0.15) is 0 Å². The Kier molecular flexibility index (Phi) is 5.54. The third-order valence-electron chi connectivity index (χ3n) is 2.64. The molecule has 1 rings (SSSR count). The molecule has 7 heteroatoms. The van der Waals surface area contributed by atoms with Gasteiger partial charge in [0.05, 0.1) is 0 Å². The minimum atomic E-state index is -1.28. The highest BCUT2D eigenvalue weighted by Gasteiger charge is 2.20. The van der Waals surface area contributed by atoms with E-state index < -0.39 is 40.9 Å². The second kappa shape index (κ2) is 6.93. The molecule has 0 aliphatic carbocycles. The van der Waals surface area contributed by atoms with Gasteiger partial charge in [-0.1, -0.05) is 0 Å². The van der Waals surface area contributed by atoms with E-state index in [1.807, 2.05) is 0 Å². The summed E-state index contributed by atoms with van der Waals surface area (Å²) in [5.41, 5.74) is -0.850. The monoisotopic (exact) mass is 289 g/mol. The molecular weight excluding hydrogens is 275 g/mol. The third-order valence-corrected chi connectivity index (χ3v) is 2.64. The molecule has 1 aromatic rings.